The Morgan fingerprint density at radius 3 is 2.82 bits per heavy atom. The third-order valence-corrected chi connectivity index (χ3v) is 5.28. The molecule has 1 amide bonds. The fraction of sp³-hybridized carbons (Fsp3) is 0.238. The van der Waals surface area contributed by atoms with Gasteiger partial charge in [0.1, 0.15) is 0 Å². The van der Waals surface area contributed by atoms with E-state index in [9.17, 15) is 4.79 Å². The van der Waals surface area contributed by atoms with E-state index in [-0.39, 0.29) is 5.91 Å². The van der Waals surface area contributed by atoms with E-state index in [4.69, 9.17) is 0 Å². The molecule has 1 N–H and O–H groups in total. The van der Waals surface area contributed by atoms with E-state index in [1.807, 2.05) is 48.1 Å². The molecule has 3 heterocycles. The number of fused-ring (bicyclic) bond motifs is 2. The molecule has 0 atom stereocenters. The van der Waals surface area contributed by atoms with Crippen LogP contribution in [0.3, 0.4) is 0 Å². The number of pyridine rings is 1. The van der Waals surface area contributed by atoms with Crippen molar-refractivity contribution in [3.8, 4) is 5.69 Å². The molecule has 0 bridgehead atoms. The number of benzene rings is 1. The summed E-state index contributed by atoms with van der Waals surface area (Å²) < 4.78 is 3.70. The second-order valence-electron chi connectivity index (χ2n) is 7.24. The lowest BCUT2D eigenvalue weighted by Gasteiger charge is -2.08. The second-order valence-corrected chi connectivity index (χ2v) is 7.24. The van der Waals surface area contributed by atoms with Crippen molar-refractivity contribution in [1.29, 1.82) is 0 Å². The minimum atomic E-state index is -0.250. The van der Waals surface area contributed by atoms with Gasteiger partial charge in [-0.3, -0.25) is 14.5 Å². The first-order valence-electron chi connectivity index (χ1n) is 9.41. The summed E-state index contributed by atoms with van der Waals surface area (Å²) in [6.07, 6.45) is 4.68. The van der Waals surface area contributed by atoms with Gasteiger partial charge in [0.25, 0.3) is 5.91 Å². The zero-order valence-corrected chi connectivity index (χ0v) is 15.8. The highest BCUT2D eigenvalue weighted by Gasteiger charge is 2.28. The molecule has 0 unspecified atom stereocenters. The Labute approximate surface area is 162 Å². The molecule has 0 fully saturated rings. The van der Waals surface area contributed by atoms with Crippen LogP contribution in [0.4, 0.5) is 5.95 Å². The van der Waals surface area contributed by atoms with E-state index in [0.29, 0.717) is 17.3 Å². The average Bonchev–Trinajstić information content (AvgIpc) is 3.38. The normalized spacial score (nSPS) is 13.1. The molecule has 28 heavy (non-hydrogen) atoms. The zero-order valence-electron chi connectivity index (χ0n) is 15.8. The number of aryl methyl sites for hydroxylation is 2. The van der Waals surface area contributed by atoms with Gasteiger partial charge >= 0.3 is 0 Å². The highest BCUT2D eigenvalue weighted by atomic mass is 16.2. The summed E-state index contributed by atoms with van der Waals surface area (Å²) in [5.74, 6) is 0.151. The molecule has 0 saturated carbocycles. The molecule has 1 aromatic carbocycles. The number of para-hydroxylation sites is 1. The van der Waals surface area contributed by atoms with Crippen molar-refractivity contribution < 1.29 is 4.79 Å². The Bertz CT molecular complexity index is 1220. The summed E-state index contributed by atoms with van der Waals surface area (Å²) in [5, 5.41) is 15.8. The molecule has 5 rings (SSSR count). The number of rotatable bonds is 3. The maximum Gasteiger partial charge on any atom is 0.278 e. The smallest absolute Gasteiger partial charge is 0.278 e. The standard InChI is InChI=1S/C21H20N6O/c1-13-10-11-26-18(12-13)23-24-21(26)22-20(28)19-15-7-5-9-17(15)27(25-19)16-8-4-3-6-14(16)2/h3-4,6,8,10-12H,5,7,9H2,1-2H3,(H,22,24,28). The molecule has 0 spiro atoms. The summed E-state index contributed by atoms with van der Waals surface area (Å²) >= 11 is 0. The van der Waals surface area contributed by atoms with Crippen molar-refractivity contribution in [2.24, 2.45) is 0 Å². The van der Waals surface area contributed by atoms with Gasteiger partial charge in [-0.2, -0.15) is 5.10 Å². The van der Waals surface area contributed by atoms with Gasteiger partial charge in [-0.15, -0.1) is 10.2 Å². The van der Waals surface area contributed by atoms with Gasteiger partial charge in [-0.05, 0) is 62.4 Å². The van der Waals surface area contributed by atoms with Crippen molar-refractivity contribution in [2.75, 3.05) is 5.32 Å². The van der Waals surface area contributed by atoms with Crippen molar-refractivity contribution in [1.82, 2.24) is 24.4 Å². The molecule has 7 nitrogen and oxygen atoms in total. The first-order valence-corrected chi connectivity index (χ1v) is 9.41. The molecule has 7 heteroatoms. The Hall–Kier alpha value is -3.48. The van der Waals surface area contributed by atoms with Crippen LogP contribution in [0.2, 0.25) is 0 Å². The fourth-order valence-corrected chi connectivity index (χ4v) is 3.86. The van der Waals surface area contributed by atoms with Gasteiger partial charge in [-0.25, -0.2) is 4.68 Å². The van der Waals surface area contributed by atoms with E-state index in [1.54, 1.807) is 4.40 Å². The zero-order chi connectivity index (χ0) is 19.3. The van der Waals surface area contributed by atoms with Crippen LogP contribution in [-0.2, 0) is 12.8 Å². The van der Waals surface area contributed by atoms with Crippen molar-refractivity contribution in [3.05, 3.63) is 70.7 Å². The quantitative estimate of drug-likeness (QED) is 0.599. The number of nitrogens with zero attached hydrogens (tertiary/aromatic N) is 5. The summed E-state index contributed by atoms with van der Waals surface area (Å²) in [6, 6.07) is 12.0. The number of hydrogen-bond acceptors (Lipinski definition) is 4. The Morgan fingerprint density at radius 1 is 1.11 bits per heavy atom. The van der Waals surface area contributed by atoms with E-state index in [0.717, 1.165) is 47.3 Å². The second kappa shape index (κ2) is 6.30. The number of anilines is 1. The number of amides is 1. The van der Waals surface area contributed by atoms with Crippen molar-refractivity contribution >= 4 is 17.5 Å². The molecular weight excluding hydrogens is 352 g/mol. The van der Waals surface area contributed by atoms with E-state index in [1.165, 1.54) is 0 Å². The monoisotopic (exact) mass is 372 g/mol. The van der Waals surface area contributed by atoms with Crippen LogP contribution in [0.5, 0.6) is 0 Å². The molecule has 1 aliphatic carbocycles. The number of carbonyl (C=O) groups is 1. The molecule has 0 radical (unpaired) electrons. The molecule has 1 aliphatic rings. The van der Waals surface area contributed by atoms with E-state index < -0.39 is 0 Å². The Morgan fingerprint density at radius 2 is 1.96 bits per heavy atom. The minimum absolute atomic E-state index is 0.250. The Kier molecular flexibility index (Phi) is 3.75. The molecule has 0 aliphatic heterocycles. The van der Waals surface area contributed by atoms with Crippen LogP contribution in [0, 0.1) is 13.8 Å². The predicted octanol–water partition coefficient (Wildman–Crippen LogP) is 3.27. The lowest BCUT2D eigenvalue weighted by atomic mass is 10.2. The van der Waals surface area contributed by atoms with Crippen LogP contribution >= 0.6 is 0 Å². The van der Waals surface area contributed by atoms with Gasteiger partial charge in [-0.1, -0.05) is 18.2 Å². The summed E-state index contributed by atoms with van der Waals surface area (Å²) in [5.41, 5.74) is 6.57. The maximum absolute atomic E-state index is 13.0. The van der Waals surface area contributed by atoms with Gasteiger partial charge in [0.2, 0.25) is 5.95 Å². The van der Waals surface area contributed by atoms with Crippen molar-refractivity contribution in [3.63, 3.8) is 0 Å². The number of aromatic nitrogens is 5. The van der Waals surface area contributed by atoms with Gasteiger partial charge in [0, 0.05) is 17.5 Å². The lowest BCUT2D eigenvalue weighted by molar-refractivity contribution is 0.102. The van der Waals surface area contributed by atoms with Crippen LogP contribution in [-0.4, -0.2) is 30.3 Å². The fourth-order valence-electron chi connectivity index (χ4n) is 3.86. The minimum Gasteiger partial charge on any atom is -0.289 e. The first kappa shape index (κ1) is 16.7. The highest BCUT2D eigenvalue weighted by Crippen LogP contribution is 2.29. The highest BCUT2D eigenvalue weighted by molar-refractivity contribution is 6.03. The Balaban J connectivity index is 1.53. The van der Waals surface area contributed by atoms with Crippen LogP contribution in [0.25, 0.3) is 11.3 Å². The van der Waals surface area contributed by atoms with Crippen LogP contribution in [0.15, 0.2) is 42.6 Å². The van der Waals surface area contributed by atoms with E-state index in [2.05, 4.69) is 33.6 Å². The van der Waals surface area contributed by atoms with Crippen molar-refractivity contribution in [2.45, 2.75) is 33.1 Å². The summed E-state index contributed by atoms with van der Waals surface area (Å²) in [7, 11) is 0. The molecular formula is C21H20N6O. The van der Waals surface area contributed by atoms with Gasteiger partial charge in [0.05, 0.1) is 5.69 Å². The van der Waals surface area contributed by atoms with Crippen LogP contribution < -0.4 is 5.32 Å². The topological polar surface area (TPSA) is 77.1 Å². The number of carbonyl (C=O) groups excluding carboxylic acids is 1. The molecule has 3 aromatic heterocycles. The third-order valence-electron chi connectivity index (χ3n) is 5.28. The third kappa shape index (κ3) is 2.58. The molecule has 140 valence electrons. The summed E-state index contributed by atoms with van der Waals surface area (Å²) in [4.78, 5) is 13.0. The molecule has 4 aromatic rings. The van der Waals surface area contributed by atoms with Crippen LogP contribution in [0.1, 0.15) is 39.3 Å². The van der Waals surface area contributed by atoms with Gasteiger partial charge < -0.3 is 0 Å². The number of hydrogen-bond donors (Lipinski definition) is 1. The summed E-state index contributed by atoms with van der Waals surface area (Å²) in [6.45, 7) is 4.05. The largest absolute Gasteiger partial charge is 0.289 e. The first-order chi connectivity index (χ1) is 13.6. The SMILES string of the molecule is Cc1ccn2c(NC(=O)c3nn(-c4ccccc4C)c4c3CCC4)nnc2c1. The lowest BCUT2D eigenvalue weighted by Crippen LogP contribution is -2.17. The predicted molar refractivity (Wildman–Crippen MR) is 106 cm³/mol. The molecule has 0 saturated heterocycles. The maximum atomic E-state index is 13.0. The van der Waals surface area contributed by atoms with E-state index >= 15 is 0 Å². The number of nitrogens with one attached hydrogen (secondary N) is 1. The van der Waals surface area contributed by atoms with Gasteiger partial charge in [0.15, 0.2) is 11.3 Å². The average molecular weight is 372 g/mol.